The van der Waals surface area contributed by atoms with Gasteiger partial charge < -0.3 is 15.0 Å². The third-order valence-electron chi connectivity index (χ3n) is 2.80. The highest BCUT2D eigenvalue weighted by Crippen LogP contribution is 2.12. The molecule has 1 amide bonds. The van der Waals surface area contributed by atoms with Crippen LogP contribution in [0.25, 0.3) is 12.2 Å². The van der Waals surface area contributed by atoms with Crippen LogP contribution in [-0.4, -0.2) is 24.0 Å². The number of carbonyl (C=O) groups excluding carboxylic acids is 2. The number of aromatic amines is 1. The number of aryl methyl sites for hydroxylation is 1. The fraction of sp³-hybridized carbons (Fsp3) is 0.133. The number of nitrogens with one attached hydrogen (secondary N) is 2. The number of H-pyrrole nitrogens is 1. The first kappa shape index (κ1) is 15.7. The van der Waals surface area contributed by atoms with Crippen molar-refractivity contribution in [1.29, 1.82) is 0 Å². The average molecular weight is 318 g/mol. The Bertz CT molecular complexity index is 879. The van der Waals surface area contributed by atoms with E-state index in [1.54, 1.807) is 6.07 Å². The third-order valence-corrected chi connectivity index (χ3v) is 3.76. The number of rotatable bonds is 3. The Balaban J connectivity index is 2.27. The van der Waals surface area contributed by atoms with Gasteiger partial charge >= 0.3 is 5.97 Å². The molecule has 0 unspecified atom stereocenters. The summed E-state index contributed by atoms with van der Waals surface area (Å²) in [5, 5.41) is 2.73. The van der Waals surface area contributed by atoms with Gasteiger partial charge in [0.2, 0.25) is 0 Å². The summed E-state index contributed by atoms with van der Waals surface area (Å²) >= 11 is 1.01. The summed E-state index contributed by atoms with van der Waals surface area (Å²) in [5.41, 5.74) is 1.19. The molecule has 0 fully saturated rings. The molecular formula is C15H14N2O4S. The van der Waals surface area contributed by atoms with Gasteiger partial charge in [-0.15, -0.1) is 11.3 Å². The summed E-state index contributed by atoms with van der Waals surface area (Å²) in [6.07, 6.45) is 2.35. The van der Waals surface area contributed by atoms with Crippen LogP contribution in [0.15, 0.2) is 29.1 Å². The predicted molar refractivity (Wildman–Crippen MR) is 84.9 cm³/mol. The Labute approximate surface area is 129 Å². The van der Waals surface area contributed by atoms with Crippen molar-refractivity contribution >= 4 is 41.1 Å². The van der Waals surface area contributed by atoms with Crippen molar-refractivity contribution in [2.45, 2.75) is 6.92 Å². The normalized spacial score (nSPS) is 12.3. The lowest BCUT2D eigenvalue weighted by Gasteiger charge is -2.04. The molecule has 0 bridgehead atoms. The molecule has 114 valence electrons. The fourth-order valence-electron chi connectivity index (χ4n) is 1.69. The lowest BCUT2D eigenvalue weighted by molar-refractivity contribution is -0.133. The van der Waals surface area contributed by atoms with Gasteiger partial charge in [0.1, 0.15) is 9.20 Å². The number of amides is 1. The first-order chi connectivity index (χ1) is 10.5. The topological polar surface area (TPSA) is 88.3 Å². The number of esters is 1. The fourth-order valence-corrected chi connectivity index (χ4v) is 2.54. The van der Waals surface area contributed by atoms with Crippen LogP contribution in [0.3, 0.4) is 0 Å². The Kier molecular flexibility index (Phi) is 4.90. The van der Waals surface area contributed by atoms with Gasteiger partial charge in [0.05, 0.1) is 7.11 Å². The van der Waals surface area contributed by atoms with E-state index in [2.05, 4.69) is 15.0 Å². The zero-order valence-corrected chi connectivity index (χ0v) is 12.8. The summed E-state index contributed by atoms with van der Waals surface area (Å²) in [6, 6.07) is 7.36. The second-order valence-corrected chi connectivity index (χ2v) is 5.48. The van der Waals surface area contributed by atoms with Gasteiger partial charge in [-0.1, -0.05) is 18.2 Å². The lowest BCUT2D eigenvalue weighted by atomic mass is 10.2. The van der Waals surface area contributed by atoms with E-state index in [1.165, 1.54) is 13.2 Å². The van der Waals surface area contributed by atoms with Crippen molar-refractivity contribution in [3.05, 3.63) is 49.4 Å². The second-order valence-electron chi connectivity index (χ2n) is 4.40. The van der Waals surface area contributed by atoms with Crippen molar-refractivity contribution in [3.8, 4) is 0 Å². The maximum absolute atomic E-state index is 11.9. The van der Waals surface area contributed by atoms with Crippen molar-refractivity contribution in [1.82, 2.24) is 4.98 Å². The molecule has 1 aromatic heterocycles. The van der Waals surface area contributed by atoms with Crippen LogP contribution >= 0.6 is 11.3 Å². The van der Waals surface area contributed by atoms with Crippen molar-refractivity contribution < 1.29 is 14.3 Å². The van der Waals surface area contributed by atoms with Crippen molar-refractivity contribution in [2.75, 3.05) is 12.4 Å². The number of hydrogen-bond acceptors (Lipinski definition) is 5. The van der Waals surface area contributed by atoms with Crippen LogP contribution in [0.1, 0.15) is 5.56 Å². The molecular weight excluding hydrogens is 304 g/mol. The monoisotopic (exact) mass is 318 g/mol. The first-order valence-electron chi connectivity index (χ1n) is 6.37. The van der Waals surface area contributed by atoms with Crippen molar-refractivity contribution in [3.63, 3.8) is 0 Å². The minimum Gasteiger partial charge on any atom is -0.466 e. The highest BCUT2D eigenvalue weighted by atomic mass is 32.1. The predicted octanol–water partition coefficient (Wildman–Crippen LogP) is 0.118. The van der Waals surface area contributed by atoms with E-state index in [0.29, 0.717) is 10.4 Å². The molecule has 2 aromatic rings. The number of benzene rings is 1. The molecule has 22 heavy (non-hydrogen) atoms. The zero-order valence-electron chi connectivity index (χ0n) is 12.0. The smallest absolute Gasteiger partial charge is 0.332 e. The van der Waals surface area contributed by atoms with E-state index >= 15 is 0 Å². The lowest BCUT2D eigenvalue weighted by Crippen LogP contribution is -2.21. The van der Waals surface area contributed by atoms with E-state index in [4.69, 9.17) is 0 Å². The Morgan fingerprint density at radius 3 is 2.68 bits per heavy atom. The van der Waals surface area contributed by atoms with E-state index < -0.39 is 11.5 Å². The molecule has 1 heterocycles. The quantitative estimate of drug-likeness (QED) is 0.787. The van der Waals surface area contributed by atoms with Gasteiger partial charge in [-0.25, -0.2) is 4.79 Å². The van der Waals surface area contributed by atoms with Crippen LogP contribution in [0, 0.1) is 6.92 Å². The molecule has 0 aliphatic rings. The first-order valence-corrected chi connectivity index (χ1v) is 7.18. The standard InChI is InChI=1S/C15H14N2O4S/c1-9-5-3-4-6-10(9)16-12(18)8-13-17-15(20)11(22-13)7-14(19)21-2/h3-8H,1-2H3,(H,16,18)(H,17,20)/b11-7-,13-8+. The Morgan fingerprint density at radius 1 is 1.27 bits per heavy atom. The highest BCUT2D eigenvalue weighted by molar-refractivity contribution is 7.07. The van der Waals surface area contributed by atoms with Gasteiger partial charge in [0.15, 0.2) is 0 Å². The summed E-state index contributed by atoms with van der Waals surface area (Å²) in [7, 11) is 1.23. The SMILES string of the molecule is COC(=O)/C=c1\s/c(=C/C(=O)Nc2ccccc2C)[nH]c1=O. The number of ether oxygens (including phenoxy) is 1. The molecule has 0 aliphatic heterocycles. The van der Waals surface area contributed by atoms with Gasteiger partial charge in [0.25, 0.3) is 11.5 Å². The highest BCUT2D eigenvalue weighted by Gasteiger charge is 2.03. The average Bonchev–Trinajstić information content (AvgIpc) is 2.81. The number of methoxy groups -OCH3 is 1. The Hall–Kier alpha value is -2.67. The number of thiazole rings is 1. The molecule has 0 saturated carbocycles. The van der Waals surface area contributed by atoms with Gasteiger partial charge in [0, 0.05) is 17.8 Å². The largest absolute Gasteiger partial charge is 0.466 e. The van der Waals surface area contributed by atoms with Gasteiger partial charge in [-0.3, -0.25) is 9.59 Å². The number of hydrogen-bond donors (Lipinski definition) is 2. The van der Waals surface area contributed by atoms with E-state index in [1.807, 2.05) is 25.1 Å². The summed E-state index contributed by atoms with van der Waals surface area (Å²) in [5.74, 6) is -0.986. The number of aromatic nitrogens is 1. The van der Waals surface area contributed by atoms with E-state index in [0.717, 1.165) is 23.0 Å². The number of anilines is 1. The maximum atomic E-state index is 11.9. The van der Waals surface area contributed by atoms with E-state index in [-0.39, 0.29) is 10.4 Å². The number of para-hydroxylation sites is 1. The summed E-state index contributed by atoms with van der Waals surface area (Å²) in [4.78, 5) is 37.2. The molecule has 0 spiro atoms. The van der Waals surface area contributed by atoms with Crippen LogP contribution in [0.2, 0.25) is 0 Å². The minimum atomic E-state index is -0.622. The minimum absolute atomic E-state index is 0.182. The molecule has 7 heteroatoms. The molecule has 1 aromatic carbocycles. The molecule has 0 saturated heterocycles. The zero-order chi connectivity index (χ0) is 16.1. The second kappa shape index (κ2) is 6.86. The van der Waals surface area contributed by atoms with E-state index in [9.17, 15) is 14.4 Å². The van der Waals surface area contributed by atoms with Crippen LogP contribution in [0.5, 0.6) is 0 Å². The molecule has 0 aliphatic carbocycles. The van der Waals surface area contributed by atoms with Crippen LogP contribution < -0.4 is 20.1 Å². The number of carbonyl (C=O) groups is 2. The van der Waals surface area contributed by atoms with Crippen molar-refractivity contribution in [2.24, 2.45) is 0 Å². The summed E-state index contributed by atoms with van der Waals surface area (Å²) in [6.45, 7) is 1.88. The summed E-state index contributed by atoms with van der Waals surface area (Å²) < 4.78 is 5.00. The van der Waals surface area contributed by atoms with Gasteiger partial charge in [-0.2, -0.15) is 0 Å². The molecule has 0 radical (unpaired) electrons. The maximum Gasteiger partial charge on any atom is 0.332 e. The van der Waals surface area contributed by atoms with Crippen LogP contribution in [0.4, 0.5) is 5.69 Å². The molecule has 2 rings (SSSR count). The van der Waals surface area contributed by atoms with Crippen LogP contribution in [-0.2, 0) is 14.3 Å². The third kappa shape index (κ3) is 3.92. The molecule has 2 N–H and O–H groups in total. The Morgan fingerprint density at radius 2 is 2.00 bits per heavy atom. The van der Waals surface area contributed by atoms with Gasteiger partial charge in [-0.05, 0) is 18.6 Å². The molecule has 0 atom stereocenters. The molecule has 6 nitrogen and oxygen atoms in total.